The van der Waals surface area contributed by atoms with Gasteiger partial charge in [0.15, 0.2) is 0 Å². The Morgan fingerprint density at radius 1 is 1.28 bits per heavy atom. The number of nitrogens with one attached hydrogen (secondary N) is 2. The summed E-state index contributed by atoms with van der Waals surface area (Å²) in [6, 6.07) is 1.57. The topological polar surface area (TPSA) is 83.4 Å². The van der Waals surface area contributed by atoms with Gasteiger partial charge >= 0.3 is 0 Å². The van der Waals surface area contributed by atoms with Gasteiger partial charge in [-0.25, -0.2) is 8.42 Å². The van der Waals surface area contributed by atoms with Crippen molar-refractivity contribution in [2.75, 3.05) is 26.2 Å². The molecule has 3 heterocycles. The monoisotopic (exact) mass is 368 g/mol. The maximum absolute atomic E-state index is 12.8. The normalized spacial score (nSPS) is 25.7. The van der Waals surface area contributed by atoms with Crippen molar-refractivity contribution >= 4 is 15.9 Å². The standard InChI is InChI=1S/C17H28N4O3S/c1-13-6-7-18-11-15(13)19-17(22)16-10-14(12-20(16)2)25(23,24)21-8-4-3-5-9-21/h10,12-13,15,18H,3-9,11H2,1-2H3,(H,19,22). The second-order valence-electron chi connectivity index (χ2n) is 7.19. The van der Waals surface area contributed by atoms with Crippen LogP contribution in [0.4, 0.5) is 0 Å². The van der Waals surface area contributed by atoms with Crippen LogP contribution in [0.3, 0.4) is 0 Å². The molecule has 2 saturated heterocycles. The molecule has 140 valence electrons. The SMILES string of the molecule is CC1CCNCC1NC(=O)c1cc(S(=O)(=O)N2CCCCC2)cn1C. The van der Waals surface area contributed by atoms with Gasteiger partial charge in [0.25, 0.3) is 5.91 Å². The van der Waals surface area contributed by atoms with E-state index in [9.17, 15) is 13.2 Å². The number of rotatable bonds is 4. The molecule has 1 amide bonds. The Morgan fingerprint density at radius 3 is 2.68 bits per heavy atom. The molecule has 2 fully saturated rings. The first-order valence-electron chi connectivity index (χ1n) is 9.07. The molecule has 0 bridgehead atoms. The van der Waals surface area contributed by atoms with Crippen LogP contribution in [0.15, 0.2) is 17.2 Å². The van der Waals surface area contributed by atoms with Gasteiger partial charge in [-0.05, 0) is 37.8 Å². The second kappa shape index (κ2) is 7.47. The van der Waals surface area contributed by atoms with Crippen molar-refractivity contribution in [3.05, 3.63) is 18.0 Å². The molecule has 2 aliphatic rings. The number of hydrogen-bond donors (Lipinski definition) is 2. The molecule has 1 aromatic rings. The Kier molecular flexibility index (Phi) is 5.50. The third-order valence-corrected chi connectivity index (χ3v) is 7.17. The highest BCUT2D eigenvalue weighted by atomic mass is 32.2. The fraction of sp³-hybridized carbons (Fsp3) is 0.706. The van der Waals surface area contributed by atoms with E-state index < -0.39 is 10.0 Å². The van der Waals surface area contributed by atoms with E-state index in [1.807, 2.05) is 0 Å². The zero-order chi connectivity index (χ0) is 18.0. The van der Waals surface area contributed by atoms with Crippen molar-refractivity contribution in [3.8, 4) is 0 Å². The smallest absolute Gasteiger partial charge is 0.268 e. The van der Waals surface area contributed by atoms with Gasteiger partial charge in [0.2, 0.25) is 10.0 Å². The maximum Gasteiger partial charge on any atom is 0.268 e. The third kappa shape index (κ3) is 3.91. The van der Waals surface area contributed by atoms with Crippen LogP contribution in [-0.2, 0) is 17.1 Å². The molecule has 0 aromatic carbocycles. The van der Waals surface area contributed by atoms with Crippen LogP contribution in [-0.4, -0.2) is 55.4 Å². The summed E-state index contributed by atoms with van der Waals surface area (Å²) in [5.74, 6) is 0.185. The van der Waals surface area contributed by atoms with Crippen molar-refractivity contribution in [2.24, 2.45) is 13.0 Å². The Bertz CT molecular complexity index is 722. The van der Waals surface area contributed by atoms with E-state index in [0.717, 1.165) is 38.8 Å². The van der Waals surface area contributed by atoms with Crippen LogP contribution in [0, 0.1) is 5.92 Å². The van der Waals surface area contributed by atoms with Gasteiger partial charge in [-0.3, -0.25) is 4.79 Å². The van der Waals surface area contributed by atoms with Gasteiger partial charge in [0.05, 0.1) is 0 Å². The molecular weight excluding hydrogens is 340 g/mol. The minimum atomic E-state index is -3.52. The lowest BCUT2D eigenvalue weighted by Gasteiger charge is -2.30. The molecule has 1 aromatic heterocycles. The highest BCUT2D eigenvalue weighted by Crippen LogP contribution is 2.22. The van der Waals surface area contributed by atoms with E-state index in [0.29, 0.717) is 24.7 Å². The largest absolute Gasteiger partial charge is 0.346 e. The van der Waals surface area contributed by atoms with Crippen LogP contribution in [0.5, 0.6) is 0 Å². The molecule has 25 heavy (non-hydrogen) atoms. The highest BCUT2D eigenvalue weighted by Gasteiger charge is 2.29. The van der Waals surface area contributed by atoms with Gasteiger partial charge in [-0.1, -0.05) is 13.3 Å². The summed E-state index contributed by atoms with van der Waals surface area (Å²) in [5.41, 5.74) is 0.383. The van der Waals surface area contributed by atoms with E-state index in [1.165, 1.54) is 10.4 Å². The van der Waals surface area contributed by atoms with Gasteiger partial charge < -0.3 is 15.2 Å². The summed E-state index contributed by atoms with van der Waals surface area (Å²) in [6.07, 6.45) is 5.42. The van der Waals surface area contributed by atoms with Crippen molar-refractivity contribution in [1.82, 2.24) is 19.5 Å². The number of nitrogens with zero attached hydrogens (tertiary/aromatic N) is 2. The molecule has 3 rings (SSSR count). The molecule has 0 radical (unpaired) electrons. The van der Waals surface area contributed by atoms with Gasteiger partial charge in [-0.15, -0.1) is 0 Å². The number of amides is 1. The molecule has 7 nitrogen and oxygen atoms in total. The summed E-state index contributed by atoms with van der Waals surface area (Å²) in [7, 11) is -1.81. The fourth-order valence-corrected chi connectivity index (χ4v) is 5.17. The van der Waals surface area contributed by atoms with E-state index in [-0.39, 0.29) is 16.8 Å². The summed E-state index contributed by atoms with van der Waals surface area (Å²) >= 11 is 0. The minimum absolute atomic E-state index is 0.0679. The molecule has 0 saturated carbocycles. The first-order valence-corrected chi connectivity index (χ1v) is 10.5. The molecule has 2 aliphatic heterocycles. The van der Waals surface area contributed by atoms with Crippen molar-refractivity contribution in [1.29, 1.82) is 0 Å². The zero-order valence-corrected chi connectivity index (χ0v) is 15.8. The Hall–Kier alpha value is -1.38. The summed E-state index contributed by atoms with van der Waals surface area (Å²) in [4.78, 5) is 12.8. The maximum atomic E-state index is 12.8. The van der Waals surface area contributed by atoms with Crippen molar-refractivity contribution in [2.45, 2.75) is 43.5 Å². The van der Waals surface area contributed by atoms with E-state index in [1.54, 1.807) is 17.8 Å². The zero-order valence-electron chi connectivity index (χ0n) is 15.0. The number of sulfonamides is 1. The Morgan fingerprint density at radius 2 is 2.00 bits per heavy atom. The number of hydrogen-bond acceptors (Lipinski definition) is 4. The van der Waals surface area contributed by atoms with Crippen LogP contribution in [0.1, 0.15) is 43.1 Å². The highest BCUT2D eigenvalue weighted by molar-refractivity contribution is 7.89. The quantitative estimate of drug-likeness (QED) is 0.828. The first-order chi connectivity index (χ1) is 11.9. The van der Waals surface area contributed by atoms with Gasteiger partial charge in [-0.2, -0.15) is 4.31 Å². The first kappa shape index (κ1) is 18.4. The van der Waals surface area contributed by atoms with Gasteiger partial charge in [0.1, 0.15) is 10.6 Å². The number of aryl methyl sites for hydroxylation is 1. The Balaban J connectivity index is 1.76. The lowest BCUT2D eigenvalue weighted by atomic mass is 9.95. The molecule has 2 atom stereocenters. The fourth-order valence-electron chi connectivity index (χ4n) is 3.58. The van der Waals surface area contributed by atoms with Crippen LogP contribution < -0.4 is 10.6 Å². The predicted octanol–water partition coefficient (Wildman–Crippen LogP) is 0.928. The van der Waals surface area contributed by atoms with E-state index in [2.05, 4.69) is 17.6 Å². The molecule has 2 N–H and O–H groups in total. The molecule has 0 aliphatic carbocycles. The summed E-state index contributed by atoms with van der Waals surface area (Å²) in [5, 5.41) is 6.32. The van der Waals surface area contributed by atoms with Crippen molar-refractivity contribution in [3.63, 3.8) is 0 Å². The predicted molar refractivity (Wildman–Crippen MR) is 95.9 cm³/mol. The lowest BCUT2D eigenvalue weighted by Crippen LogP contribution is -2.50. The number of carbonyl (C=O) groups excluding carboxylic acids is 1. The van der Waals surface area contributed by atoms with E-state index in [4.69, 9.17) is 0 Å². The van der Waals surface area contributed by atoms with Gasteiger partial charge in [0, 0.05) is 38.9 Å². The summed E-state index contributed by atoms with van der Waals surface area (Å²) < 4.78 is 28.7. The average Bonchev–Trinajstić information content (AvgIpc) is 3.00. The molecule has 0 spiro atoms. The molecule has 2 unspecified atom stereocenters. The minimum Gasteiger partial charge on any atom is -0.346 e. The average molecular weight is 369 g/mol. The van der Waals surface area contributed by atoms with Crippen LogP contribution in [0.25, 0.3) is 0 Å². The Labute approximate surface area is 149 Å². The lowest BCUT2D eigenvalue weighted by molar-refractivity contribution is 0.0907. The third-order valence-electron chi connectivity index (χ3n) is 5.31. The van der Waals surface area contributed by atoms with E-state index >= 15 is 0 Å². The number of piperidine rings is 2. The molecule has 8 heteroatoms. The second-order valence-corrected chi connectivity index (χ2v) is 9.12. The van der Waals surface area contributed by atoms with Crippen molar-refractivity contribution < 1.29 is 13.2 Å². The van der Waals surface area contributed by atoms with Crippen LogP contribution >= 0.6 is 0 Å². The van der Waals surface area contributed by atoms with Crippen LogP contribution in [0.2, 0.25) is 0 Å². The number of carbonyl (C=O) groups is 1. The molecular formula is C17H28N4O3S. The summed E-state index contributed by atoms with van der Waals surface area (Å²) in [6.45, 7) is 4.96. The number of aromatic nitrogens is 1.